The number of aromatic nitrogens is 2. The van der Waals surface area contributed by atoms with Crippen molar-refractivity contribution >= 4 is 10.0 Å². The fourth-order valence-corrected chi connectivity index (χ4v) is 3.63. The van der Waals surface area contributed by atoms with E-state index in [2.05, 4.69) is 24.0 Å². The molecule has 0 spiro atoms. The van der Waals surface area contributed by atoms with Crippen LogP contribution in [0.2, 0.25) is 0 Å². The number of hydrogen-bond acceptors (Lipinski definition) is 4. The zero-order valence-corrected chi connectivity index (χ0v) is 13.1. The van der Waals surface area contributed by atoms with E-state index in [9.17, 15) is 8.42 Å². The van der Waals surface area contributed by atoms with Crippen molar-refractivity contribution in [3.63, 3.8) is 0 Å². The second kappa shape index (κ2) is 6.02. The van der Waals surface area contributed by atoms with E-state index in [0.29, 0.717) is 17.2 Å². The summed E-state index contributed by atoms with van der Waals surface area (Å²) in [5.74, 6) is 0.433. The molecule has 110 valence electrons. The van der Waals surface area contributed by atoms with Crippen molar-refractivity contribution in [2.75, 3.05) is 7.05 Å². The minimum absolute atomic E-state index is 0.0469. The Bertz CT molecular complexity index is 522. The van der Waals surface area contributed by atoms with E-state index in [-0.39, 0.29) is 17.6 Å². The Balaban J connectivity index is 3.09. The average Bonchev–Trinajstić information content (AvgIpc) is 2.68. The van der Waals surface area contributed by atoms with Gasteiger partial charge in [-0.2, -0.15) is 9.40 Å². The van der Waals surface area contributed by atoms with Gasteiger partial charge in [0.25, 0.3) is 10.0 Å². The molecular weight excluding hydrogens is 264 g/mol. The van der Waals surface area contributed by atoms with Crippen molar-refractivity contribution in [1.82, 2.24) is 14.5 Å². The van der Waals surface area contributed by atoms with E-state index in [4.69, 9.17) is 5.73 Å². The Labute approximate surface area is 115 Å². The number of aryl methyl sites for hydroxylation is 1. The van der Waals surface area contributed by atoms with Crippen LogP contribution in [-0.2, 0) is 16.6 Å². The molecule has 1 aromatic heterocycles. The second-order valence-corrected chi connectivity index (χ2v) is 7.25. The molecule has 0 aliphatic rings. The normalized spacial score (nSPS) is 14.3. The summed E-state index contributed by atoms with van der Waals surface area (Å²) in [5, 5.41) is 6.65. The van der Waals surface area contributed by atoms with Gasteiger partial charge in [-0.05, 0) is 26.2 Å². The lowest BCUT2D eigenvalue weighted by molar-refractivity contribution is 0.336. The van der Waals surface area contributed by atoms with Crippen LogP contribution in [0.5, 0.6) is 0 Å². The number of nitrogens with one attached hydrogen (secondary N) is 1. The lowest BCUT2D eigenvalue weighted by Crippen LogP contribution is -2.36. The first-order valence-electron chi connectivity index (χ1n) is 6.43. The number of sulfonamides is 1. The van der Waals surface area contributed by atoms with E-state index < -0.39 is 10.0 Å². The summed E-state index contributed by atoms with van der Waals surface area (Å²) < 4.78 is 26.4. The zero-order valence-electron chi connectivity index (χ0n) is 12.3. The maximum Gasteiger partial charge on any atom is 0.262 e. The lowest BCUT2D eigenvalue weighted by Gasteiger charge is -2.25. The molecule has 0 radical (unpaired) electrons. The van der Waals surface area contributed by atoms with Gasteiger partial charge in [-0.1, -0.05) is 13.8 Å². The van der Waals surface area contributed by atoms with Crippen molar-refractivity contribution in [2.24, 2.45) is 11.7 Å². The highest BCUT2D eigenvalue weighted by molar-refractivity contribution is 7.89. The molecule has 0 saturated carbocycles. The van der Waals surface area contributed by atoms with Gasteiger partial charge in [0.05, 0.1) is 0 Å². The Kier molecular flexibility index (Phi) is 5.11. The van der Waals surface area contributed by atoms with E-state index in [0.717, 1.165) is 6.42 Å². The SMILES string of the molecule is Cc1[nH]nc(S(=O)(=O)N(C)C(C)CC(C)C)c1CN. The van der Waals surface area contributed by atoms with Gasteiger partial charge in [0.2, 0.25) is 0 Å². The van der Waals surface area contributed by atoms with Crippen LogP contribution in [0.4, 0.5) is 0 Å². The van der Waals surface area contributed by atoms with Crippen LogP contribution >= 0.6 is 0 Å². The third-order valence-electron chi connectivity index (χ3n) is 3.30. The number of rotatable bonds is 6. The Hall–Kier alpha value is -0.920. The molecule has 1 aromatic rings. The molecular formula is C12H24N4O2S. The average molecular weight is 288 g/mol. The van der Waals surface area contributed by atoms with Crippen LogP contribution in [0.3, 0.4) is 0 Å². The van der Waals surface area contributed by atoms with E-state index >= 15 is 0 Å². The number of aromatic amines is 1. The van der Waals surface area contributed by atoms with E-state index in [1.165, 1.54) is 4.31 Å². The van der Waals surface area contributed by atoms with Crippen molar-refractivity contribution < 1.29 is 8.42 Å². The summed E-state index contributed by atoms with van der Waals surface area (Å²) in [5.41, 5.74) is 6.87. The van der Waals surface area contributed by atoms with Crippen LogP contribution < -0.4 is 5.73 Å². The van der Waals surface area contributed by atoms with Crippen LogP contribution in [0, 0.1) is 12.8 Å². The summed E-state index contributed by atoms with van der Waals surface area (Å²) in [7, 11) is -2.00. The summed E-state index contributed by atoms with van der Waals surface area (Å²) >= 11 is 0. The van der Waals surface area contributed by atoms with Crippen LogP contribution in [0.15, 0.2) is 5.03 Å². The molecule has 7 heteroatoms. The number of nitrogens with two attached hydrogens (primary N) is 1. The highest BCUT2D eigenvalue weighted by Gasteiger charge is 2.30. The van der Waals surface area contributed by atoms with Crippen LogP contribution in [-0.4, -0.2) is 36.0 Å². The fourth-order valence-electron chi connectivity index (χ4n) is 2.09. The topological polar surface area (TPSA) is 92.1 Å². The first-order valence-corrected chi connectivity index (χ1v) is 7.87. The number of H-pyrrole nitrogens is 1. The largest absolute Gasteiger partial charge is 0.326 e. The van der Waals surface area contributed by atoms with Gasteiger partial charge < -0.3 is 5.73 Å². The fraction of sp³-hybridized carbons (Fsp3) is 0.750. The molecule has 6 nitrogen and oxygen atoms in total. The molecule has 0 aromatic carbocycles. The van der Waals surface area contributed by atoms with Gasteiger partial charge in [-0.3, -0.25) is 5.10 Å². The third-order valence-corrected chi connectivity index (χ3v) is 5.24. The number of hydrogen-bond donors (Lipinski definition) is 2. The maximum absolute atomic E-state index is 12.5. The van der Waals surface area contributed by atoms with Crippen molar-refractivity contribution in [2.45, 2.75) is 51.7 Å². The van der Waals surface area contributed by atoms with E-state index in [1.807, 2.05) is 6.92 Å². The predicted molar refractivity (Wildman–Crippen MR) is 75.1 cm³/mol. The highest BCUT2D eigenvalue weighted by atomic mass is 32.2. The summed E-state index contributed by atoms with van der Waals surface area (Å²) in [4.78, 5) is 0. The molecule has 1 heterocycles. The zero-order chi connectivity index (χ0) is 14.8. The monoisotopic (exact) mass is 288 g/mol. The van der Waals surface area contributed by atoms with Crippen molar-refractivity contribution in [1.29, 1.82) is 0 Å². The summed E-state index contributed by atoms with van der Waals surface area (Å²) in [6.45, 7) is 7.97. The first kappa shape index (κ1) is 16.1. The van der Waals surface area contributed by atoms with Crippen LogP contribution in [0.1, 0.15) is 38.4 Å². The molecule has 0 aliphatic heterocycles. The summed E-state index contributed by atoms with van der Waals surface area (Å²) in [6.07, 6.45) is 0.803. The molecule has 1 unspecified atom stereocenters. The molecule has 19 heavy (non-hydrogen) atoms. The first-order chi connectivity index (χ1) is 8.71. The minimum atomic E-state index is -3.59. The van der Waals surface area contributed by atoms with Gasteiger partial charge in [0.1, 0.15) is 0 Å². The summed E-state index contributed by atoms with van der Waals surface area (Å²) in [6, 6.07) is -0.0763. The van der Waals surface area contributed by atoms with Gasteiger partial charge in [0.15, 0.2) is 5.03 Å². The maximum atomic E-state index is 12.5. The Morgan fingerprint density at radius 2 is 1.95 bits per heavy atom. The minimum Gasteiger partial charge on any atom is -0.326 e. The van der Waals surface area contributed by atoms with Crippen LogP contribution in [0.25, 0.3) is 0 Å². The molecule has 0 fully saturated rings. The number of nitrogens with zero attached hydrogens (tertiary/aromatic N) is 2. The molecule has 1 rings (SSSR count). The molecule has 0 saturated heterocycles. The predicted octanol–water partition coefficient (Wildman–Crippen LogP) is 1.23. The van der Waals surface area contributed by atoms with Gasteiger partial charge in [-0.15, -0.1) is 0 Å². The molecule has 1 atom stereocenters. The molecule has 0 aliphatic carbocycles. The second-order valence-electron chi connectivity index (χ2n) is 5.34. The van der Waals surface area contributed by atoms with Crippen molar-refractivity contribution in [3.05, 3.63) is 11.3 Å². The molecule has 3 N–H and O–H groups in total. The van der Waals surface area contributed by atoms with Crippen molar-refractivity contribution in [3.8, 4) is 0 Å². The van der Waals surface area contributed by atoms with Gasteiger partial charge >= 0.3 is 0 Å². The standard InChI is InChI=1S/C12H24N4O2S/c1-8(2)6-9(3)16(5)19(17,18)12-11(7-13)10(4)14-15-12/h8-9H,6-7,13H2,1-5H3,(H,14,15). The Morgan fingerprint density at radius 3 is 2.42 bits per heavy atom. The van der Waals surface area contributed by atoms with E-state index in [1.54, 1.807) is 14.0 Å². The highest BCUT2D eigenvalue weighted by Crippen LogP contribution is 2.22. The molecule has 0 bridgehead atoms. The molecule has 0 amide bonds. The third kappa shape index (κ3) is 3.34. The quantitative estimate of drug-likeness (QED) is 0.823. The van der Waals surface area contributed by atoms with Gasteiger partial charge in [0, 0.05) is 30.9 Å². The van der Waals surface area contributed by atoms with Gasteiger partial charge in [-0.25, -0.2) is 8.42 Å². The Morgan fingerprint density at radius 1 is 1.37 bits per heavy atom. The lowest BCUT2D eigenvalue weighted by atomic mass is 10.1. The smallest absolute Gasteiger partial charge is 0.262 e.